The highest BCUT2D eigenvalue weighted by Gasteiger charge is 2.18. The Kier molecular flexibility index (Phi) is 6.44. The van der Waals surface area contributed by atoms with Crippen LogP contribution in [-0.4, -0.2) is 36.4 Å². The van der Waals surface area contributed by atoms with Crippen molar-refractivity contribution >= 4 is 17.5 Å². The molecule has 3 rings (SSSR count). The molecule has 2 amide bonds. The van der Waals surface area contributed by atoms with Crippen molar-refractivity contribution in [1.29, 1.82) is 0 Å². The van der Waals surface area contributed by atoms with Crippen LogP contribution in [0.5, 0.6) is 5.75 Å². The van der Waals surface area contributed by atoms with Gasteiger partial charge in [-0.3, -0.25) is 9.59 Å². The van der Waals surface area contributed by atoms with Gasteiger partial charge in [0.25, 0.3) is 5.91 Å². The molecule has 3 N–H and O–H groups in total. The summed E-state index contributed by atoms with van der Waals surface area (Å²) in [7, 11) is 0. The van der Waals surface area contributed by atoms with E-state index in [0.29, 0.717) is 11.4 Å². The van der Waals surface area contributed by atoms with E-state index in [2.05, 4.69) is 5.32 Å². The number of rotatable bonds is 7. The first-order chi connectivity index (χ1) is 13.1. The molecule has 1 saturated heterocycles. The summed E-state index contributed by atoms with van der Waals surface area (Å²) >= 11 is 0. The maximum atomic E-state index is 12.3. The number of carbonyl (C=O) groups is 2. The number of nitrogens with one attached hydrogen (secondary N) is 1. The molecule has 1 heterocycles. The molecule has 142 valence electrons. The third-order valence-corrected chi connectivity index (χ3v) is 4.57. The average Bonchev–Trinajstić information content (AvgIpc) is 3.22. The van der Waals surface area contributed by atoms with Crippen molar-refractivity contribution < 1.29 is 14.3 Å². The van der Waals surface area contributed by atoms with E-state index in [1.165, 1.54) is 0 Å². The van der Waals surface area contributed by atoms with Crippen molar-refractivity contribution in [3.8, 4) is 5.75 Å². The fourth-order valence-electron chi connectivity index (χ4n) is 3.10. The SMILES string of the molecule is NC(CC(=O)Nc1cccc(OCC(=O)N2CCCC2)c1)c1ccccc1. The van der Waals surface area contributed by atoms with Crippen LogP contribution in [0.2, 0.25) is 0 Å². The minimum Gasteiger partial charge on any atom is -0.484 e. The molecule has 1 atom stereocenters. The first-order valence-corrected chi connectivity index (χ1v) is 9.23. The van der Waals surface area contributed by atoms with Gasteiger partial charge >= 0.3 is 0 Å². The van der Waals surface area contributed by atoms with Crippen LogP contribution in [-0.2, 0) is 9.59 Å². The van der Waals surface area contributed by atoms with Gasteiger partial charge in [-0.15, -0.1) is 0 Å². The van der Waals surface area contributed by atoms with Crippen molar-refractivity contribution in [2.24, 2.45) is 5.73 Å². The van der Waals surface area contributed by atoms with E-state index in [1.54, 1.807) is 24.3 Å². The monoisotopic (exact) mass is 367 g/mol. The standard InChI is InChI=1S/C21H25N3O3/c22-19(16-7-2-1-3-8-16)14-20(25)23-17-9-6-10-18(13-17)27-15-21(26)24-11-4-5-12-24/h1-3,6-10,13,19H,4-5,11-12,14-15,22H2,(H,23,25). The van der Waals surface area contributed by atoms with Gasteiger partial charge in [0.1, 0.15) is 5.75 Å². The highest BCUT2D eigenvalue weighted by Crippen LogP contribution is 2.19. The summed E-state index contributed by atoms with van der Waals surface area (Å²) in [5, 5.41) is 2.83. The van der Waals surface area contributed by atoms with Gasteiger partial charge < -0.3 is 20.7 Å². The quantitative estimate of drug-likeness (QED) is 0.788. The highest BCUT2D eigenvalue weighted by molar-refractivity contribution is 5.91. The first kappa shape index (κ1) is 18.9. The van der Waals surface area contributed by atoms with Crippen LogP contribution in [0.25, 0.3) is 0 Å². The average molecular weight is 367 g/mol. The number of ether oxygens (including phenoxy) is 1. The molecule has 1 fully saturated rings. The zero-order chi connectivity index (χ0) is 19.1. The predicted molar refractivity (Wildman–Crippen MR) is 104 cm³/mol. The van der Waals surface area contributed by atoms with E-state index in [-0.39, 0.29) is 30.9 Å². The van der Waals surface area contributed by atoms with E-state index in [1.807, 2.05) is 35.2 Å². The normalized spacial score (nSPS) is 14.6. The van der Waals surface area contributed by atoms with Gasteiger partial charge in [-0.05, 0) is 30.5 Å². The zero-order valence-corrected chi connectivity index (χ0v) is 15.3. The van der Waals surface area contributed by atoms with Gasteiger partial charge in [0.15, 0.2) is 6.61 Å². The lowest BCUT2D eigenvalue weighted by Crippen LogP contribution is -2.32. The second-order valence-corrected chi connectivity index (χ2v) is 6.67. The van der Waals surface area contributed by atoms with Crippen molar-refractivity contribution in [1.82, 2.24) is 4.90 Å². The maximum Gasteiger partial charge on any atom is 0.260 e. The Bertz CT molecular complexity index is 773. The van der Waals surface area contributed by atoms with Crippen LogP contribution in [0.4, 0.5) is 5.69 Å². The van der Waals surface area contributed by atoms with Crippen LogP contribution in [0.3, 0.4) is 0 Å². The summed E-state index contributed by atoms with van der Waals surface area (Å²) in [6.07, 6.45) is 2.29. The van der Waals surface area contributed by atoms with E-state index in [4.69, 9.17) is 10.5 Å². The number of nitrogens with zero attached hydrogens (tertiary/aromatic N) is 1. The lowest BCUT2D eigenvalue weighted by atomic mass is 10.0. The van der Waals surface area contributed by atoms with Crippen LogP contribution < -0.4 is 15.8 Å². The third-order valence-electron chi connectivity index (χ3n) is 4.57. The van der Waals surface area contributed by atoms with E-state index in [0.717, 1.165) is 31.5 Å². The highest BCUT2D eigenvalue weighted by atomic mass is 16.5. The molecule has 6 heteroatoms. The van der Waals surface area contributed by atoms with E-state index in [9.17, 15) is 9.59 Å². The summed E-state index contributed by atoms with van der Waals surface area (Å²) in [6, 6.07) is 16.2. The first-order valence-electron chi connectivity index (χ1n) is 9.23. The van der Waals surface area contributed by atoms with Gasteiger partial charge in [0, 0.05) is 37.3 Å². The molecule has 0 aliphatic carbocycles. The Morgan fingerprint density at radius 2 is 1.81 bits per heavy atom. The lowest BCUT2D eigenvalue weighted by Gasteiger charge is -2.16. The van der Waals surface area contributed by atoms with Crippen LogP contribution >= 0.6 is 0 Å². The van der Waals surface area contributed by atoms with Gasteiger partial charge in [-0.1, -0.05) is 36.4 Å². The zero-order valence-electron chi connectivity index (χ0n) is 15.3. The Hall–Kier alpha value is -2.86. The van der Waals surface area contributed by atoms with Crippen LogP contribution in [0.1, 0.15) is 30.9 Å². The number of nitrogens with two attached hydrogens (primary N) is 1. The summed E-state index contributed by atoms with van der Waals surface area (Å²) in [5.74, 6) is 0.375. The molecule has 0 saturated carbocycles. The molecule has 2 aromatic carbocycles. The van der Waals surface area contributed by atoms with Gasteiger partial charge in [-0.25, -0.2) is 0 Å². The summed E-state index contributed by atoms with van der Waals surface area (Å²) in [4.78, 5) is 26.1. The van der Waals surface area contributed by atoms with Crippen molar-refractivity contribution in [2.75, 3.05) is 25.0 Å². The minimum absolute atomic E-state index is 0.00391. The summed E-state index contributed by atoms with van der Waals surface area (Å²) in [6.45, 7) is 1.62. The van der Waals surface area contributed by atoms with Crippen molar-refractivity contribution in [3.05, 3.63) is 60.2 Å². The van der Waals surface area contributed by atoms with E-state index < -0.39 is 0 Å². The molecule has 2 aromatic rings. The summed E-state index contributed by atoms with van der Waals surface area (Å²) < 4.78 is 5.59. The van der Waals surface area contributed by atoms with Crippen molar-refractivity contribution in [3.63, 3.8) is 0 Å². The minimum atomic E-state index is -0.358. The summed E-state index contributed by atoms with van der Waals surface area (Å²) in [5.41, 5.74) is 7.63. The number of anilines is 1. The third kappa shape index (κ3) is 5.56. The van der Waals surface area contributed by atoms with Crippen molar-refractivity contribution in [2.45, 2.75) is 25.3 Å². The fourth-order valence-corrected chi connectivity index (χ4v) is 3.10. The van der Waals surface area contributed by atoms with Gasteiger partial charge in [-0.2, -0.15) is 0 Å². The molecule has 1 unspecified atom stereocenters. The molecule has 0 bridgehead atoms. The largest absolute Gasteiger partial charge is 0.484 e. The number of carbonyl (C=O) groups excluding carboxylic acids is 2. The smallest absolute Gasteiger partial charge is 0.260 e. The number of likely N-dealkylation sites (tertiary alicyclic amines) is 1. The molecular formula is C21H25N3O3. The molecule has 27 heavy (non-hydrogen) atoms. The lowest BCUT2D eigenvalue weighted by molar-refractivity contribution is -0.132. The number of hydrogen-bond acceptors (Lipinski definition) is 4. The Morgan fingerprint density at radius 3 is 2.56 bits per heavy atom. The maximum absolute atomic E-state index is 12.3. The van der Waals surface area contributed by atoms with Crippen LogP contribution in [0.15, 0.2) is 54.6 Å². The molecule has 1 aliphatic rings. The topological polar surface area (TPSA) is 84.7 Å². The fraction of sp³-hybridized carbons (Fsp3) is 0.333. The number of amides is 2. The Morgan fingerprint density at radius 1 is 1.07 bits per heavy atom. The second-order valence-electron chi connectivity index (χ2n) is 6.67. The molecular weight excluding hydrogens is 342 g/mol. The van der Waals surface area contributed by atoms with Gasteiger partial charge in [0.05, 0.1) is 0 Å². The molecule has 6 nitrogen and oxygen atoms in total. The Labute approximate surface area is 159 Å². The Balaban J connectivity index is 1.50. The molecule has 0 radical (unpaired) electrons. The predicted octanol–water partition coefficient (Wildman–Crippen LogP) is 2.72. The number of benzene rings is 2. The second kappa shape index (κ2) is 9.19. The molecule has 1 aliphatic heterocycles. The molecule has 0 spiro atoms. The van der Waals surface area contributed by atoms with Crippen LogP contribution in [0, 0.1) is 0 Å². The molecule has 0 aromatic heterocycles. The van der Waals surface area contributed by atoms with E-state index >= 15 is 0 Å². The number of hydrogen-bond donors (Lipinski definition) is 2. The van der Waals surface area contributed by atoms with Gasteiger partial charge in [0.2, 0.25) is 5.91 Å².